The molecular weight excluding hydrogens is 292 g/mol. The molecule has 4 nitrogen and oxygen atoms in total. The lowest BCUT2D eigenvalue weighted by Crippen LogP contribution is -2.23. The standard InChI is InChI=1S/C16H9ClO4/c17-9-5-6-14-12(7-9)13(18)8-15(21-14)10-3-1-2-4-11(10)16(19)20/h1-8H,(H,19,20)/p-1. The van der Waals surface area contributed by atoms with Crippen molar-refractivity contribution in [2.24, 2.45) is 0 Å². The lowest BCUT2D eigenvalue weighted by atomic mass is 10.0. The van der Waals surface area contributed by atoms with Crippen molar-refractivity contribution in [2.75, 3.05) is 0 Å². The molecule has 3 aromatic rings. The van der Waals surface area contributed by atoms with Gasteiger partial charge in [0.25, 0.3) is 0 Å². The molecule has 0 aliphatic carbocycles. The number of hydrogen-bond acceptors (Lipinski definition) is 4. The second-order valence-electron chi connectivity index (χ2n) is 4.45. The van der Waals surface area contributed by atoms with Crippen molar-refractivity contribution in [3.63, 3.8) is 0 Å². The van der Waals surface area contributed by atoms with Crippen molar-refractivity contribution < 1.29 is 14.3 Å². The maximum absolute atomic E-state index is 12.1. The number of carbonyl (C=O) groups is 1. The van der Waals surface area contributed by atoms with Crippen molar-refractivity contribution in [2.45, 2.75) is 0 Å². The summed E-state index contributed by atoms with van der Waals surface area (Å²) < 4.78 is 5.62. The zero-order chi connectivity index (χ0) is 15.0. The first-order valence-corrected chi connectivity index (χ1v) is 6.48. The Labute approximate surface area is 124 Å². The average molecular weight is 300 g/mol. The smallest absolute Gasteiger partial charge is 0.193 e. The van der Waals surface area contributed by atoms with Gasteiger partial charge in [-0.2, -0.15) is 0 Å². The van der Waals surface area contributed by atoms with Crippen LogP contribution in [0.3, 0.4) is 0 Å². The topological polar surface area (TPSA) is 70.3 Å². The molecule has 2 aromatic carbocycles. The molecule has 0 N–H and O–H groups in total. The number of carboxylic acids is 1. The van der Waals surface area contributed by atoms with Gasteiger partial charge in [0.2, 0.25) is 0 Å². The first-order chi connectivity index (χ1) is 10.1. The summed E-state index contributed by atoms with van der Waals surface area (Å²) in [4.78, 5) is 23.3. The van der Waals surface area contributed by atoms with Crippen LogP contribution in [0.25, 0.3) is 22.3 Å². The third-order valence-corrected chi connectivity index (χ3v) is 3.34. The highest BCUT2D eigenvalue weighted by molar-refractivity contribution is 6.31. The van der Waals surface area contributed by atoms with Crippen LogP contribution in [0, 0.1) is 0 Å². The highest BCUT2D eigenvalue weighted by Gasteiger charge is 2.11. The molecular formula is C16H8ClO4-. The minimum Gasteiger partial charge on any atom is -0.545 e. The summed E-state index contributed by atoms with van der Waals surface area (Å²) >= 11 is 5.85. The van der Waals surface area contributed by atoms with E-state index in [4.69, 9.17) is 16.0 Å². The predicted molar refractivity (Wildman–Crippen MR) is 77.3 cm³/mol. The van der Waals surface area contributed by atoms with Gasteiger partial charge in [0, 0.05) is 22.2 Å². The Bertz CT molecular complexity index is 912. The molecule has 0 spiro atoms. The van der Waals surface area contributed by atoms with Crippen LogP contribution in [0.2, 0.25) is 5.02 Å². The second-order valence-corrected chi connectivity index (χ2v) is 4.88. The van der Waals surface area contributed by atoms with E-state index in [0.717, 1.165) is 0 Å². The molecule has 0 bridgehead atoms. The van der Waals surface area contributed by atoms with Crippen LogP contribution in [0.5, 0.6) is 0 Å². The molecule has 5 heteroatoms. The van der Waals surface area contributed by atoms with Crippen LogP contribution in [-0.2, 0) is 0 Å². The SMILES string of the molecule is O=C([O-])c1ccccc1-c1cc(=O)c2cc(Cl)ccc2o1. The van der Waals surface area contributed by atoms with Gasteiger partial charge in [-0.3, -0.25) is 4.79 Å². The average Bonchev–Trinajstić information content (AvgIpc) is 2.47. The third kappa shape index (κ3) is 2.41. The van der Waals surface area contributed by atoms with Gasteiger partial charge in [-0.1, -0.05) is 35.9 Å². The first kappa shape index (κ1) is 13.4. The highest BCUT2D eigenvalue weighted by atomic mass is 35.5. The van der Waals surface area contributed by atoms with Crippen molar-refractivity contribution in [3.8, 4) is 11.3 Å². The molecule has 1 aromatic heterocycles. The van der Waals surface area contributed by atoms with E-state index in [-0.39, 0.29) is 16.8 Å². The van der Waals surface area contributed by atoms with E-state index in [2.05, 4.69) is 0 Å². The summed E-state index contributed by atoms with van der Waals surface area (Å²) in [5.41, 5.74) is 0.317. The zero-order valence-electron chi connectivity index (χ0n) is 10.6. The largest absolute Gasteiger partial charge is 0.545 e. The number of aromatic carboxylic acids is 1. The van der Waals surface area contributed by atoms with Gasteiger partial charge in [-0.05, 0) is 18.2 Å². The molecule has 0 amide bonds. The molecule has 0 saturated carbocycles. The molecule has 104 valence electrons. The zero-order valence-corrected chi connectivity index (χ0v) is 11.4. The molecule has 0 aliphatic rings. The van der Waals surface area contributed by atoms with Crippen molar-refractivity contribution in [1.82, 2.24) is 0 Å². The summed E-state index contributed by atoms with van der Waals surface area (Å²) in [5.74, 6) is -1.15. The van der Waals surface area contributed by atoms with Crippen LogP contribution in [0.1, 0.15) is 10.4 Å². The van der Waals surface area contributed by atoms with Crippen LogP contribution in [0.4, 0.5) is 0 Å². The number of carbonyl (C=O) groups excluding carboxylic acids is 1. The molecule has 0 atom stereocenters. The van der Waals surface area contributed by atoms with E-state index in [1.54, 1.807) is 30.3 Å². The Hall–Kier alpha value is -2.59. The lowest BCUT2D eigenvalue weighted by molar-refractivity contribution is -0.254. The molecule has 21 heavy (non-hydrogen) atoms. The van der Waals surface area contributed by atoms with Crippen molar-refractivity contribution in [3.05, 3.63) is 69.3 Å². The molecule has 0 aliphatic heterocycles. The van der Waals surface area contributed by atoms with Crippen LogP contribution >= 0.6 is 11.6 Å². The maximum atomic E-state index is 12.1. The van der Waals surface area contributed by atoms with Gasteiger partial charge in [-0.15, -0.1) is 0 Å². The monoisotopic (exact) mass is 299 g/mol. The quantitative estimate of drug-likeness (QED) is 0.729. The Balaban J connectivity index is 2.30. The number of halogens is 1. The summed E-state index contributed by atoms with van der Waals surface area (Å²) in [5, 5.41) is 11.9. The minimum absolute atomic E-state index is 0.0334. The van der Waals surface area contributed by atoms with Gasteiger partial charge < -0.3 is 14.3 Å². The van der Waals surface area contributed by atoms with E-state index < -0.39 is 5.97 Å². The van der Waals surface area contributed by atoms with E-state index in [0.29, 0.717) is 21.6 Å². The van der Waals surface area contributed by atoms with Crippen LogP contribution in [0.15, 0.2) is 57.7 Å². The maximum Gasteiger partial charge on any atom is 0.193 e. The number of rotatable bonds is 2. The van der Waals surface area contributed by atoms with E-state index in [9.17, 15) is 14.7 Å². The van der Waals surface area contributed by atoms with Gasteiger partial charge >= 0.3 is 0 Å². The fraction of sp³-hybridized carbons (Fsp3) is 0. The normalized spacial score (nSPS) is 10.7. The van der Waals surface area contributed by atoms with Gasteiger partial charge in [-0.25, -0.2) is 0 Å². The molecule has 0 unspecified atom stereocenters. The van der Waals surface area contributed by atoms with Gasteiger partial charge in [0.1, 0.15) is 11.3 Å². The predicted octanol–water partition coefficient (Wildman–Crippen LogP) is 2.48. The van der Waals surface area contributed by atoms with Crippen LogP contribution < -0.4 is 10.5 Å². The molecule has 0 fully saturated rings. The Kier molecular flexibility index (Phi) is 3.23. The second kappa shape index (κ2) is 5.07. The third-order valence-electron chi connectivity index (χ3n) is 3.10. The molecule has 0 radical (unpaired) electrons. The number of benzene rings is 2. The van der Waals surface area contributed by atoms with E-state index in [1.165, 1.54) is 18.2 Å². The van der Waals surface area contributed by atoms with Crippen LogP contribution in [-0.4, -0.2) is 5.97 Å². The number of hydrogen-bond donors (Lipinski definition) is 0. The number of fused-ring (bicyclic) bond motifs is 1. The fourth-order valence-corrected chi connectivity index (χ4v) is 2.31. The highest BCUT2D eigenvalue weighted by Crippen LogP contribution is 2.26. The van der Waals surface area contributed by atoms with E-state index >= 15 is 0 Å². The Morgan fingerprint density at radius 2 is 1.86 bits per heavy atom. The summed E-state index contributed by atoms with van der Waals surface area (Å²) in [6.07, 6.45) is 0. The van der Waals surface area contributed by atoms with Crippen molar-refractivity contribution >= 4 is 28.5 Å². The summed E-state index contributed by atoms with van der Waals surface area (Å²) in [7, 11) is 0. The Morgan fingerprint density at radius 1 is 1.10 bits per heavy atom. The fourth-order valence-electron chi connectivity index (χ4n) is 2.14. The minimum atomic E-state index is -1.33. The summed E-state index contributed by atoms with van der Waals surface area (Å²) in [6, 6.07) is 12.1. The lowest BCUT2D eigenvalue weighted by Gasteiger charge is -2.10. The molecule has 0 saturated heterocycles. The Morgan fingerprint density at radius 3 is 2.62 bits per heavy atom. The van der Waals surface area contributed by atoms with E-state index in [1.807, 2.05) is 0 Å². The number of carboxylic acid groups (broad SMARTS) is 1. The van der Waals surface area contributed by atoms with Gasteiger partial charge in [0.05, 0.1) is 11.4 Å². The summed E-state index contributed by atoms with van der Waals surface area (Å²) in [6.45, 7) is 0. The molecule has 1 heterocycles. The molecule has 3 rings (SSSR count). The van der Waals surface area contributed by atoms with Gasteiger partial charge in [0.15, 0.2) is 5.43 Å². The van der Waals surface area contributed by atoms with Crippen molar-refractivity contribution in [1.29, 1.82) is 0 Å². The first-order valence-electron chi connectivity index (χ1n) is 6.10.